The summed E-state index contributed by atoms with van der Waals surface area (Å²) >= 11 is 0. The number of ether oxygens (including phenoxy) is 1. The molecule has 2 amide bonds. The highest BCUT2D eigenvalue weighted by molar-refractivity contribution is 6.04. The van der Waals surface area contributed by atoms with Crippen molar-refractivity contribution >= 4 is 17.5 Å². The molecule has 0 saturated carbocycles. The van der Waals surface area contributed by atoms with Crippen molar-refractivity contribution in [2.75, 3.05) is 11.9 Å². The third-order valence-corrected chi connectivity index (χ3v) is 4.90. The zero-order valence-corrected chi connectivity index (χ0v) is 18.9. The molecular weight excluding hydrogens is 402 g/mol. The van der Waals surface area contributed by atoms with Crippen molar-refractivity contribution in [3.05, 3.63) is 89.2 Å². The molecule has 166 valence electrons. The van der Waals surface area contributed by atoms with Gasteiger partial charge in [-0.1, -0.05) is 50.6 Å². The van der Waals surface area contributed by atoms with Gasteiger partial charge in [0.25, 0.3) is 11.8 Å². The number of nitrogens with zero attached hydrogens (tertiary/aromatic N) is 1. The van der Waals surface area contributed by atoms with Gasteiger partial charge in [-0.2, -0.15) is 0 Å². The van der Waals surface area contributed by atoms with Crippen LogP contribution in [0.25, 0.3) is 0 Å². The molecule has 0 unspecified atom stereocenters. The zero-order valence-electron chi connectivity index (χ0n) is 18.9. The van der Waals surface area contributed by atoms with Crippen LogP contribution in [0.4, 0.5) is 5.69 Å². The average molecular weight is 432 g/mol. The SMILES string of the molecule is Cc1ccc(OCC(=O)NCc2cccc(NC(=O)c3cccnc3)c2)c(C(C)(C)C)c1. The van der Waals surface area contributed by atoms with E-state index in [0.29, 0.717) is 17.8 Å². The first-order valence-corrected chi connectivity index (χ1v) is 10.5. The van der Waals surface area contributed by atoms with Gasteiger partial charge in [-0.15, -0.1) is 0 Å². The second-order valence-electron chi connectivity index (χ2n) is 8.71. The first kappa shape index (κ1) is 23.0. The predicted molar refractivity (Wildman–Crippen MR) is 126 cm³/mol. The van der Waals surface area contributed by atoms with Crippen LogP contribution in [0.5, 0.6) is 5.75 Å². The van der Waals surface area contributed by atoms with Gasteiger partial charge in [0.05, 0.1) is 5.56 Å². The molecule has 0 spiro atoms. The summed E-state index contributed by atoms with van der Waals surface area (Å²) in [6, 6.07) is 16.7. The van der Waals surface area contributed by atoms with Crippen LogP contribution in [0, 0.1) is 6.92 Å². The minimum absolute atomic E-state index is 0.0659. The van der Waals surface area contributed by atoms with Gasteiger partial charge in [0.15, 0.2) is 6.61 Å². The van der Waals surface area contributed by atoms with E-state index >= 15 is 0 Å². The van der Waals surface area contributed by atoms with Crippen molar-refractivity contribution in [3.8, 4) is 5.75 Å². The van der Waals surface area contributed by atoms with Gasteiger partial charge in [-0.05, 0) is 53.8 Å². The maximum Gasteiger partial charge on any atom is 0.258 e. The summed E-state index contributed by atoms with van der Waals surface area (Å²) in [7, 11) is 0. The number of rotatable bonds is 7. The molecule has 0 aliphatic carbocycles. The van der Waals surface area contributed by atoms with E-state index in [-0.39, 0.29) is 23.8 Å². The van der Waals surface area contributed by atoms with Crippen molar-refractivity contribution in [2.45, 2.75) is 39.7 Å². The Morgan fingerprint density at radius 2 is 1.84 bits per heavy atom. The number of pyridine rings is 1. The number of amides is 2. The normalized spacial score (nSPS) is 11.0. The molecule has 0 saturated heterocycles. The summed E-state index contributed by atoms with van der Waals surface area (Å²) in [5, 5.41) is 5.71. The molecule has 1 heterocycles. The quantitative estimate of drug-likeness (QED) is 0.571. The number of anilines is 1. The van der Waals surface area contributed by atoms with Gasteiger partial charge in [-0.25, -0.2) is 0 Å². The topological polar surface area (TPSA) is 80.3 Å². The highest BCUT2D eigenvalue weighted by Crippen LogP contribution is 2.32. The number of benzene rings is 2. The van der Waals surface area contributed by atoms with Crippen molar-refractivity contribution < 1.29 is 14.3 Å². The number of nitrogens with one attached hydrogen (secondary N) is 2. The van der Waals surface area contributed by atoms with Crippen LogP contribution in [0.1, 0.15) is 47.8 Å². The number of carbonyl (C=O) groups is 2. The number of carbonyl (C=O) groups excluding carboxylic acids is 2. The summed E-state index contributed by atoms with van der Waals surface area (Å²) in [4.78, 5) is 28.6. The van der Waals surface area contributed by atoms with Gasteiger partial charge in [-0.3, -0.25) is 14.6 Å². The van der Waals surface area contributed by atoms with Crippen molar-refractivity contribution in [1.29, 1.82) is 0 Å². The molecule has 0 atom stereocenters. The first-order chi connectivity index (χ1) is 15.2. The van der Waals surface area contributed by atoms with Crippen molar-refractivity contribution in [1.82, 2.24) is 10.3 Å². The summed E-state index contributed by atoms with van der Waals surface area (Å²) in [6.45, 7) is 8.67. The Morgan fingerprint density at radius 1 is 1.03 bits per heavy atom. The molecule has 0 aliphatic rings. The molecule has 0 radical (unpaired) electrons. The molecule has 6 heteroatoms. The van der Waals surface area contributed by atoms with E-state index in [2.05, 4.69) is 42.5 Å². The Morgan fingerprint density at radius 3 is 2.56 bits per heavy atom. The lowest BCUT2D eigenvalue weighted by Crippen LogP contribution is -2.29. The first-order valence-electron chi connectivity index (χ1n) is 10.5. The number of aryl methyl sites for hydroxylation is 1. The van der Waals surface area contributed by atoms with Crippen LogP contribution in [-0.4, -0.2) is 23.4 Å². The smallest absolute Gasteiger partial charge is 0.258 e. The summed E-state index contributed by atoms with van der Waals surface area (Å²) < 4.78 is 5.82. The molecule has 3 aromatic rings. The van der Waals surface area contributed by atoms with Gasteiger partial charge in [0, 0.05) is 24.6 Å². The molecule has 6 nitrogen and oxygen atoms in total. The van der Waals surface area contributed by atoms with E-state index in [9.17, 15) is 9.59 Å². The van der Waals surface area contributed by atoms with Crippen LogP contribution in [0.2, 0.25) is 0 Å². The number of hydrogen-bond acceptors (Lipinski definition) is 4. The lowest BCUT2D eigenvalue weighted by Gasteiger charge is -2.23. The third-order valence-electron chi connectivity index (χ3n) is 4.90. The van der Waals surface area contributed by atoms with E-state index in [1.165, 1.54) is 6.20 Å². The maximum atomic E-state index is 12.4. The molecule has 2 aromatic carbocycles. The maximum absolute atomic E-state index is 12.4. The Hall–Kier alpha value is -3.67. The van der Waals surface area contributed by atoms with Gasteiger partial charge in [0.2, 0.25) is 0 Å². The van der Waals surface area contributed by atoms with E-state index < -0.39 is 0 Å². The summed E-state index contributed by atoms with van der Waals surface area (Å²) in [5.41, 5.74) is 4.14. The highest BCUT2D eigenvalue weighted by Gasteiger charge is 2.19. The van der Waals surface area contributed by atoms with Gasteiger partial charge < -0.3 is 15.4 Å². The van der Waals surface area contributed by atoms with Gasteiger partial charge >= 0.3 is 0 Å². The second kappa shape index (κ2) is 10.1. The fraction of sp³-hybridized carbons (Fsp3) is 0.269. The molecule has 3 rings (SSSR count). The molecule has 32 heavy (non-hydrogen) atoms. The average Bonchev–Trinajstić information content (AvgIpc) is 2.77. The minimum atomic E-state index is -0.236. The second-order valence-corrected chi connectivity index (χ2v) is 8.71. The van der Waals surface area contributed by atoms with E-state index in [0.717, 1.165) is 22.4 Å². The van der Waals surface area contributed by atoms with Crippen LogP contribution >= 0.6 is 0 Å². The van der Waals surface area contributed by atoms with E-state index in [1.54, 1.807) is 24.4 Å². The number of hydrogen-bond donors (Lipinski definition) is 2. The highest BCUT2D eigenvalue weighted by atomic mass is 16.5. The van der Waals surface area contributed by atoms with Crippen molar-refractivity contribution in [2.24, 2.45) is 0 Å². The monoisotopic (exact) mass is 431 g/mol. The van der Waals surface area contributed by atoms with Gasteiger partial charge in [0.1, 0.15) is 5.75 Å². The van der Waals surface area contributed by atoms with Crippen LogP contribution in [0.3, 0.4) is 0 Å². The fourth-order valence-corrected chi connectivity index (χ4v) is 3.21. The lowest BCUT2D eigenvalue weighted by molar-refractivity contribution is -0.123. The molecule has 2 N–H and O–H groups in total. The molecule has 0 aliphatic heterocycles. The minimum Gasteiger partial charge on any atom is -0.483 e. The van der Waals surface area contributed by atoms with E-state index in [1.807, 2.05) is 37.3 Å². The summed E-state index contributed by atoms with van der Waals surface area (Å²) in [6.07, 6.45) is 3.13. The standard InChI is InChI=1S/C26H29N3O3/c1-18-10-11-23(22(13-18)26(2,3)4)32-17-24(30)28-15-19-7-5-9-21(14-19)29-25(31)20-8-6-12-27-16-20/h5-14,16H,15,17H2,1-4H3,(H,28,30)(H,29,31). The molecule has 1 aromatic heterocycles. The Balaban J connectivity index is 1.55. The molecule has 0 bridgehead atoms. The lowest BCUT2D eigenvalue weighted by atomic mass is 9.85. The fourth-order valence-electron chi connectivity index (χ4n) is 3.21. The number of aromatic nitrogens is 1. The molecule has 0 fully saturated rings. The predicted octanol–water partition coefficient (Wildman–Crippen LogP) is 4.64. The Bertz CT molecular complexity index is 1090. The molecular formula is C26H29N3O3. The third kappa shape index (κ3) is 6.41. The van der Waals surface area contributed by atoms with Crippen molar-refractivity contribution in [3.63, 3.8) is 0 Å². The zero-order chi connectivity index (χ0) is 23.1. The summed E-state index contributed by atoms with van der Waals surface area (Å²) in [5.74, 6) is 0.272. The Labute approximate surface area is 189 Å². The van der Waals surface area contributed by atoms with Crippen LogP contribution in [0.15, 0.2) is 67.0 Å². The van der Waals surface area contributed by atoms with Crippen LogP contribution < -0.4 is 15.4 Å². The van der Waals surface area contributed by atoms with E-state index in [4.69, 9.17) is 4.74 Å². The van der Waals surface area contributed by atoms with Crippen LogP contribution in [-0.2, 0) is 16.8 Å². The largest absolute Gasteiger partial charge is 0.483 e. The Kier molecular flexibility index (Phi) is 7.25.